The molecule has 108 valence electrons. The van der Waals surface area contributed by atoms with E-state index < -0.39 is 22.2 Å². The van der Waals surface area contributed by atoms with Crippen molar-refractivity contribution in [3.05, 3.63) is 0 Å². The Morgan fingerprint density at radius 2 is 1.72 bits per heavy atom. The second-order valence-electron chi connectivity index (χ2n) is 3.57. The Kier molecular flexibility index (Phi) is 8.03. The third-order valence-electron chi connectivity index (χ3n) is 2.13. The minimum Gasteiger partial charge on any atom is -0.480 e. The highest BCUT2D eigenvalue weighted by Crippen LogP contribution is 2.00. The molecule has 0 fully saturated rings. The molecular formula is C9H20N2O6S. The summed E-state index contributed by atoms with van der Waals surface area (Å²) in [5, 5.41) is 8.68. The lowest BCUT2D eigenvalue weighted by molar-refractivity contribution is -0.138. The maximum Gasteiger partial charge on any atom is 0.321 e. The van der Waals surface area contributed by atoms with Gasteiger partial charge in [-0.05, 0) is 6.92 Å². The van der Waals surface area contributed by atoms with Gasteiger partial charge in [0.1, 0.15) is 6.04 Å². The quantitative estimate of drug-likeness (QED) is 0.527. The summed E-state index contributed by atoms with van der Waals surface area (Å²) < 4.78 is 36.6. The largest absolute Gasteiger partial charge is 0.480 e. The summed E-state index contributed by atoms with van der Waals surface area (Å²) in [6.45, 7) is 1.94. The molecule has 0 bridgehead atoms. The topological polar surface area (TPSA) is 105 Å². The van der Waals surface area contributed by atoms with E-state index in [-0.39, 0.29) is 26.3 Å². The Balaban J connectivity index is 4.67. The molecule has 0 aliphatic heterocycles. The van der Waals surface area contributed by atoms with Crippen molar-refractivity contribution in [3.63, 3.8) is 0 Å². The van der Waals surface area contributed by atoms with Crippen LogP contribution in [-0.4, -0.2) is 70.4 Å². The first-order chi connectivity index (χ1) is 8.35. The Bertz CT molecular complexity index is 337. The van der Waals surface area contributed by atoms with Crippen molar-refractivity contribution >= 4 is 16.2 Å². The van der Waals surface area contributed by atoms with E-state index >= 15 is 0 Å². The fourth-order valence-electron chi connectivity index (χ4n) is 1.09. The van der Waals surface area contributed by atoms with Crippen molar-refractivity contribution in [1.82, 2.24) is 9.03 Å². The predicted octanol–water partition coefficient (Wildman–Crippen LogP) is -1.11. The standard InChI is InChI=1S/C9H20N2O6S/c1-8(9(12)13)10-18(14,15)11(4-6-16-2)5-7-17-3/h8,10H,4-7H2,1-3H3,(H,12,13)/t8-/m1/s1. The highest BCUT2D eigenvalue weighted by Gasteiger charge is 2.25. The van der Waals surface area contributed by atoms with Crippen LogP contribution < -0.4 is 4.72 Å². The molecule has 0 radical (unpaired) electrons. The van der Waals surface area contributed by atoms with Crippen molar-refractivity contribution < 1.29 is 27.8 Å². The molecule has 0 spiro atoms. The number of nitrogens with one attached hydrogen (secondary N) is 1. The summed E-state index contributed by atoms with van der Waals surface area (Å²) in [5.74, 6) is -1.24. The number of rotatable bonds is 10. The average molecular weight is 284 g/mol. The zero-order chi connectivity index (χ0) is 14.2. The van der Waals surface area contributed by atoms with Gasteiger partial charge in [-0.15, -0.1) is 0 Å². The van der Waals surface area contributed by atoms with Gasteiger partial charge in [0, 0.05) is 27.3 Å². The van der Waals surface area contributed by atoms with Crippen LogP contribution in [0.4, 0.5) is 0 Å². The Morgan fingerprint density at radius 1 is 1.28 bits per heavy atom. The van der Waals surface area contributed by atoms with Crippen LogP contribution in [0.15, 0.2) is 0 Å². The number of nitrogens with zero attached hydrogens (tertiary/aromatic N) is 1. The molecule has 0 saturated carbocycles. The monoisotopic (exact) mass is 284 g/mol. The van der Waals surface area contributed by atoms with Crippen LogP contribution >= 0.6 is 0 Å². The normalized spacial score (nSPS) is 13.8. The van der Waals surface area contributed by atoms with E-state index in [1.165, 1.54) is 21.1 Å². The van der Waals surface area contributed by atoms with Crippen LogP contribution in [0.2, 0.25) is 0 Å². The lowest BCUT2D eigenvalue weighted by Gasteiger charge is -2.23. The van der Waals surface area contributed by atoms with Crippen LogP contribution in [0.1, 0.15) is 6.92 Å². The number of ether oxygens (including phenoxy) is 2. The molecule has 8 nitrogen and oxygen atoms in total. The summed E-state index contributed by atoms with van der Waals surface area (Å²) in [7, 11) is -0.963. The molecular weight excluding hydrogens is 264 g/mol. The van der Waals surface area contributed by atoms with Crippen LogP contribution in [0.3, 0.4) is 0 Å². The van der Waals surface area contributed by atoms with Gasteiger partial charge in [-0.2, -0.15) is 17.4 Å². The van der Waals surface area contributed by atoms with Crippen molar-refractivity contribution in [3.8, 4) is 0 Å². The molecule has 0 aromatic rings. The van der Waals surface area contributed by atoms with E-state index in [2.05, 4.69) is 4.72 Å². The molecule has 0 aromatic carbocycles. The number of hydrogen-bond acceptors (Lipinski definition) is 5. The minimum absolute atomic E-state index is 0.127. The smallest absolute Gasteiger partial charge is 0.321 e. The lowest BCUT2D eigenvalue weighted by Crippen LogP contribution is -2.48. The van der Waals surface area contributed by atoms with Crippen LogP contribution in [0, 0.1) is 0 Å². The van der Waals surface area contributed by atoms with Gasteiger partial charge in [0.05, 0.1) is 13.2 Å². The maximum atomic E-state index is 11.9. The molecule has 9 heteroatoms. The molecule has 18 heavy (non-hydrogen) atoms. The SMILES string of the molecule is COCCN(CCOC)S(=O)(=O)N[C@H](C)C(=O)O. The van der Waals surface area contributed by atoms with Crippen molar-refractivity contribution in [2.75, 3.05) is 40.5 Å². The number of carboxylic acid groups (broad SMARTS) is 1. The average Bonchev–Trinajstić information content (AvgIpc) is 2.28. The van der Waals surface area contributed by atoms with Gasteiger partial charge in [-0.1, -0.05) is 0 Å². The van der Waals surface area contributed by atoms with Gasteiger partial charge in [0.25, 0.3) is 10.2 Å². The fraction of sp³-hybridized carbons (Fsp3) is 0.889. The highest BCUT2D eigenvalue weighted by atomic mass is 32.2. The van der Waals surface area contributed by atoms with E-state index in [0.29, 0.717) is 0 Å². The molecule has 1 atom stereocenters. The maximum absolute atomic E-state index is 11.9. The third-order valence-corrected chi connectivity index (χ3v) is 3.82. The molecule has 0 heterocycles. The second-order valence-corrected chi connectivity index (χ2v) is 5.27. The summed E-state index contributed by atoms with van der Waals surface area (Å²) in [6, 6.07) is -1.19. The number of aliphatic carboxylic acids is 1. The Labute approximate surface area is 107 Å². The van der Waals surface area contributed by atoms with Gasteiger partial charge < -0.3 is 14.6 Å². The first kappa shape index (κ1) is 17.3. The third kappa shape index (κ3) is 6.26. The summed E-state index contributed by atoms with van der Waals surface area (Å²) in [4.78, 5) is 10.6. The van der Waals surface area contributed by atoms with Gasteiger partial charge in [0.15, 0.2) is 0 Å². The first-order valence-corrected chi connectivity index (χ1v) is 6.77. The molecule has 0 aliphatic rings. The van der Waals surface area contributed by atoms with Gasteiger partial charge in [-0.3, -0.25) is 4.79 Å². The van der Waals surface area contributed by atoms with Gasteiger partial charge in [-0.25, -0.2) is 0 Å². The van der Waals surface area contributed by atoms with E-state index in [0.717, 1.165) is 4.31 Å². The van der Waals surface area contributed by atoms with Crippen molar-refractivity contribution in [2.24, 2.45) is 0 Å². The molecule has 0 saturated heterocycles. The number of carbonyl (C=O) groups is 1. The summed E-state index contributed by atoms with van der Waals surface area (Å²) in [6.07, 6.45) is 0. The molecule has 2 N–H and O–H groups in total. The zero-order valence-electron chi connectivity index (χ0n) is 10.7. The Morgan fingerprint density at radius 3 is 2.06 bits per heavy atom. The Hall–Kier alpha value is -0.740. The first-order valence-electron chi connectivity index (χ1n) is 5.33. The van der Waals surface area contributed by atoms with E-state index in [4.69, 9.17) is 14.6 Å². The zero-order valence-corrected chi connectivity index (χ0v) is 11.6. The molecule has 0 aliphatic carbocycles. The van der Waals surface area contributed by atoms with E-state index in [1.54, 1.807) is 0 Å². The van der Waals surface area contributed by atoms with Crippen molar-refractivity contribution in [1.29, 1.82) is 0 Å². The summed E-state index contributed by atoms with van der Waals surface area (Å²) in [5.41, 5.74) is 0. The van der Waals surface area contributed by atoms with E-state index in [1.807, 2.05) is 0 Å². The molecule has 0 unspecified atom stereocenters. The molecule has 0 rings (SSSR count). The van der Waals surface area contributed by atoms with Crippen molar-refractivity contribution in [2.45, 2.75) is 13.0 Å². The number of carboxylic acids is 1. The van der Waals surface area contributed by atoms with Gasteiger partial charge in [0.2, 0.25) is 0 Å². The lowest BCUT2D eigenvalue weighted by atomic mass is 10.4. The van der Waals surface area contributed by atoms with E-state index in [9.17, 15) is 13.2 Å². The second kappa shape index (κ2) is 8.38. The number of methoxy groups -OCH3 is 2. The minimum atomic E-state index is -3.87. The van der Waals surface area contributed by atoms with Crippen LogP contribution in [0.5, 0.6) is 0 Å². The highest BCUT2D eigenvalue weighted by molar-refractivity contribution is 7.87. The van der Waals surface area contributed by atoms with Crippen LogP contribution in [0.25, 0.3) is 0 Å². The fourth-order valence-corrected chi connectivity index (χ4v) is 2.41. The number of hydrogen-bond donors (Lipinski definition) is 2. The van der Waals surface area contributed by atoms with Crippen LogP contribution in [-0.2, 0) is 24.5 Å². The van der Waals surface area contributed by atoms with Gasteiger partial charge >= 0.3 is 5.97 Å². The predicted molar refractivity (Wildman–Crippen MR) is 64.5 cm³/mol. The molecule has 0 amide bonds. The molecule has 0 aromatic heterocycles. The summed E-state index contributed by atoms with van der Waals surface area (Å²) >= 11 is 0.